The maximum absolute atomic E-state index is 12.7. The standard InChI is InChI=1S/C34H42N6O4/c1-34(2,3)44-33(42)37-12-11-36-23-30(41)32-20-26-19-27(8-10-31(26)43-32)40-16-14-39(15-17-40)13-5-4-6-25-22-38-29-9-7-24(21-35)18-28(25)29/h7-10,18-20,22,36,38H,4-6,11-17,23H2,1-3H3,(H,37,42). The van der Waals surface area contributed by atoms with Gasteiger partial charge in [0.05, 0.1) is 18.2 Å². The molecule has 1 saturated heterocycles. The van der Waals surface area contributed by atoms with Crippen LogP contribution >= 0.6 is 0 Å². The molecule has 232 valence electrons. The van der Waals surface area contributed by atoms with Gasteiger partial charge in [0.1, 0.15) is 11.2 Å². The Balaban J connectivity index is 1.03. The molecule has 3 heterocycles. The highest BCUT2D eigenvalue weighted by Crippen LogP contribution is 2.27. The van der Waals surface area contributed by atoms with Gasteiger partial charge < -0.3 is 29.7 Å². The number of hydrogen-bond donors (Lipinski definition) is 3. The number of nitriles is 1. The number of nitrogens with one attached hydrogen (secondary N) is 3. The number of fused-ring (bicyclic) bond motifs is 2. The number of ketones is 1. The second-order valence-corrected chi connectivity index (χ2v) is 12.3. The van der Waals surface area contributed by atoms with Crippen LogP contribution < -0.4 is 15.5 Å². The smallest absolute Gasteiger partial charge is 0.407 e. The molecular formula is C34H42N6O4. The lowest BCUT2D eigenvalue weighted by molar-refractivity contribution is 0.0528. The maximum atomic E-state index is 12.7. The van der Waals surface area contributed by atoms with E-state index >= 15 is 0 Å². The van der Waals surface area contributed by atoms with Gasteiger partial charge in [-0.2, -0.15) is 5.26 Å². The van der Waals surface area contributed by atoms with Gasteiger partial charge in [-0.25, -0.2) is 4.79 Å². The quantitative estimate of drug-likeness (QED) is 0.150. The number of alkyl carbamates (subject to hydrolysis) is 1. The summed E-state index contributed by atoms with van der Waals surface area (Å²) in [7, 11) is 0. The Kier molecular flexibility index (Phi) is 9.88. The first kappa shape index (κ1) is 31.1. The van der Waals surface area contributed by atoms with Crippen molar-refractivity contribution in [2.45, 2.75) is 45.6 Å². The second kappa shape index (κ2) is 14.0. The number of H-pyrrole nitrogens is 1. The van der Waals surface area contributed by atoms with E-state index < -0.39 is 11.7 Å². The van der Waals surface area contributed by atoms with E-state index in [1.807, 2.05) is 51.1 Å². The molecule has 3 N–H and O–H groups in total. The van der Waals surface area contributed by atoms with E-state index in [4.69, 9.17) is 9.15 Å². The van der Waals surface area contributed by atoms with Gasteiger partial charge in [-0.1, -0.05) is 0 Å². The number of aromatic nitrogens is 1. The number of aryl methyl sites for hydroxylation is 1. The summed E-state index contributed by atoms with van der Waals surface area (Å²) in [5.74, 6) is 0.193. The number of carbonyl (C=O) groups excluding carboxylic acids is 2. The summed E-state index contributed by atoms with van der Waals surface area (Å²) < 4.78 is 11.0. The van der Waals surface area contributed by atoms with E-state index in [9.17, 15) is 14.9 Å². The van der Waals surface area contributed by atoms with Crippen molar-refractivity contribution >= 4 is 39.4 Å². The summed E-state index contributed by atoms with van der Waals surface area (Å²) in [6.07, 6.45) is 4.85. The number of unbranched alkanes of at least 4 members (excludes halogenated alkanes) is 1. The minimum absolute atomic E-state index is 0.120. The number of ether oxygens (including phenoxy) is 1. The molecule has 1 aliphatic rings. The number of amides is 1. The van der Waals surface area contributed by atoms with Crippen LogP contribution in [0.25, 0.3) is 21.9 Å². The maximum Gasteiger partial charge on any atom is 0.407 e. The molecule has 2 aromatic heterocycles. The molecule has 2 aromatic carbocycles. The molecule has 0 saturated carbocycles. The molecule has 0 aliphatic carbocycles. The van der Waals surface area contributed by atoms with Crippen LogP contribution in [0.15, 0.2) is 53.1 Å². The monoisotopic (exact) mass is 598 g/mol. The van der Waals surface area contributed by atoms with E-state index in [1.165, 1.54) is 5.56 Å². The first-order chi connectivity index (χ1) is 21.2. The van der Waals surface area contributed by atoms with Gasteiger partial charge in [-0.05, 0) is 94.6 Å². The molecule has 10 nitrogen and oxygen atoms in total. The minimum atomic E-state index is -0.546. The van der Waals surface area contributed by atoms with Crippen molar-refractivity contribution in [3.63, 3.8) is 0 Å². The highest BCUT2D eigenvalue weighted by atomic mass is 16.6. The minimum Gasteiger partial charge on any atom is -0.453 e. The average molecular weight is 599 g/mol. The van der Waals surface area contributed by atoms with E-state index in [-0.39, 0.29) is 12.3 Å². The summed E-state index contributed by atoms with van der Waals surface area (Å²) >= 11 is 0. The zero-order chi connectivity index (χ0) is 31.1. The summed E-state index contributed by atoms with van der Waals surface area (Å²) in [6, 6.07) is 16.0. The SMILES string of the molecule is CC(C)(C)OC(=O)NCCNCC(=O)c1cc2cc(N3CCN(CCCCc4c[nH]c5ccc(C#N)cc45)CC3)ccc2o1. The fraction of sp³-hybridized carbons (Fsp3) is 0.441. The van der Waals surface area contributed by atoms with E-state index in [1.54, 1.807) is 0 Å². The van der Waals surface area contributed by atoms with E-state index in [2.05, 4.69) is 49.8 Å². The Morgan fingerprint density at radius 2 is 1.86 bits per heavy atom. The van der Waals surface area contributed by atoms with Crippen molar-refractivity contribution in [2.75, 3.05) is 57.3 Å². The fourth-order valence-electron chi connectivity index (χ4n) is 5.56. The zero-order valence-electron chi connectivity index (χ0n) is 25.9. The molecular weight excluding hydrogens is 556 g/mol. The third-order valence-corrected chi connectivity index (χ3v) is 7.83. The lowest BCUT2D eigenvalue weighted by atomic mass is 10.1. The van der Waals surface area contributed by atoms with E-state index in [0.717, 1.165) is 74.0 Å². The normalized spacial score (nSPS) is 14.2. The molecule has 1 fully saturated rings. The molecule has 1 amide bonds. The fourth-order valence-corrected chi connectivity index (χ4v) is 5.56. The molecule has 10 heteroatoms. The average Bonchev–Trinajstić information content (AvgIpc) is 3.62. The summed E-state index contributed by atoms with van der Waals surface area (Å²) in [5.41, 5.74) is 4.36. The summed E-state index contributed by atoms with van der Waals surface area (Å²) in [4.78, 5) is 32.6. The van der Waals surface area contributed by atoms with Crippen LogP contribution in [-0.4, -0.2) is 79.7 Å². The van der Waals surface area contributed by atoms with E-state index in [0.29, 0.717) is 30.0 Å². The Bertz CT molecular complexity index is 1630. The van der Waals surface area contributed by atoms with Crippen LogP contribution in [0.2, 0.25) is 0 Å². The van der Waals surface area contributed by atoms with Gasteiger partial charge in [0.15, 0.2) is 5.76 Å². The number of benzene rings is 2. The number of hydrogen-bond acceptors (Lipinski definition) is 8. The van der Waals surface area contributed by atoms with Crippen molar-refractivity contribution in [2.24, 2.45) is 0 Å². The van der Waals surface area contributed by atoms with Crippen LogP contribution in [0.3, 0.4) is 0 Å². The summed E-state index contributed by atoms with van der Waals surface area (Å²) in [5, 5.41) is 17.0. The number of nitrogens with zero attached hydrogens (tertiary/aromatic N) is 3. The predicted octanol–water partition coefficient (Wildman–Crippen LogP) is 5.23. The number of Topliss-reactive ketones (excluding diaryl/α,β-unsaturated/α-hetero) is 1. The van der Waals surface area contributed by atoms with Gasteiger partial charge >= 0.3 is 6.09 Å². The molecule has 0 atom stereocenters. The molecule has 4 aromatic rings. The van der Waals surface area contributed by atoms with Gasteiger partial charge in [0.25, 0.3) is 0 Å². The van der Waals surface area contributed by atoms with Crippen molar-refractivity contribution in [3.8, 4) is 6.07 Å². The first-order valence-electron chi connectivity index (χ1n) is 15.4. The highest BCUT2D eigenvalue weighted by Gasteiger charge is 2.19. The predicted molar refractivity (Wildman–Crippen MR) is 172 cm³/mol. The number of rotatable bonds is 12. The summed E-state index contributed by atoms with van der Waals surface area (Å²) in [6.45, 7) is 11.4. The number of anilines is 1. The molecule has 0 unspecified atom stereocenters. The lowest BCUT2D eigenvalue weighted by Gasteiger charge is -2.36. The van der Waals surface area contributed by atoms with Crippen LogP contribution in [0.1, 0.15) is 55.3 Å². The second-order valence-electron chi connectivity index (χ2n) is 12.3. The Morgan fingerprint density at radius 1 is 1.05 bits per heavy atom. The number of piperazine rings is 1. The van der Waals surface area contributed by atoms with Crippen LogP contribution in [0.4, 0.5) is 10.5 Å². The topological polar surface area (TPSA) is 127 Å². The lowest BCUT2D eigenvalue weighted by Crippen LogP contribution is -2.46. The molecule has 0 spiro atoms. The van der Waals surface area contributed by atoms with Gasteiger partial charge in [-0.3, -0.25) is 9.69 Å². The molecule has 0 bridgehead atoms. The van der Waals surface area contributed by atoms with Crippen molar-refractivity contribution < 1.29 is 18.7 Å². The van der Waals surface area contributed by atoms with Gasteiger partial charge in [0, 0.05) is 67.4 Å². The highest BCUT2D eigenvalue weighted by molar-refractivity contribution is 5.99. The number of aromatic amines is 1. The van der Waals surface area contributed by atoms with Crippen molar-refractivity contribution in [1.82, 2.24) is 20.5 Å². The molecule has 1 aliphatic heterocycles. The van der Waals surface area contributed by atoms with Crippen molar-refractivity contribution in [1.29, 1.82) is 5.26 Å². The molecule has 0 radical (unpaired) electrons. The number of carbonyl (C=O) groups is 2. The van der Waals surface area contributed by atoms with Gasteiger partial charge in [-0.15, -0.1) is 0 Å². The Morgan fingerprint density at radius 3 is 2.64 bits per heavy atom. The number of furan rings is 1. The van der Waals surface area contributed by atoms with Crippen LogP contribution in [0.5, 0.6) is 0 Å². The van der Waals surface area contributed by atoms with Crippen LogP contribution in [-0.2, 0) is 11.2 Å². The van der Waals surface area contributed by atoms with Crippen LogP contribution in [0, 0.1) is 11.3 Å². The van der Waals surface area contributed by atoms with Gasteiger partial charge in [0.2, 0.25) is 5.78 Å². The zero-order valence-corrected chi connectivity index (χ0v) is 25.9. The largest absolute Gasteiger partial charge is 0.453 e. The Labute approximate surface area is 258 Å². The third kappa shape index (κ3) is 8.18. The van der Waals surface area contributed by atoms with Crippen molar-refractivity contribution in [3.05, 3.63) is 65.5 Å². The third-order valence-electron chi connectivity index (χ3n) is 7.83. The first-order valence-corrected chi connectivity index (χ1v) is 15.4. The molecule has 5 rings (SSSR count). The Hall–Kier alpha value is -4.33. The molecule has 44 heavy (non-hydrogen) atoms.